The highest BCUT2D eigenvalue weighted by atomic mass is 31.2. The Hall–Kier alpha value is -3.31. The van der Waals surface area contributed by atoms with Crippen LogP contribution in [0.25, 0.3) is 11.0 Å². The van der Waals surface area contributed by atoms with Gasteiger partial charge in [0.05, 0.1) is 29.2 Å². The zero-order valence-electron chi connectivity index (χ0n) is 16.2. The molecule has 0 bridgehead atoms. The van der Waals surface area contributed by atoms with Gasteiger partial charge in [0.25, 0.3) is 5.69 Å². The first kappa shape index (κ1) is 22.4. The van der Waals surface area contributed by atoms with Crippen LogP contribution in [-0.2, 0) is 11.1 Å². The Morgan fingerprint density at radius 3 is 2.52 bits per heavy atom. The average Bonchev–Trinajstić information content (AvgIpc) is 2.70. The van der Waals surface area contributed by atoms with Crippen molar-refractivity contribution in [3.8, 4) is 5.75 Å². The van der Waals surface area contributed by atoms with Crippen LogP contribution in [0.2, 0.25) is 0 Å². The minimum atomic E-state index is -4.46. The Morgan fingerprint density at radius 1 is 1.19 bits per heavy atom. The Balaban J connectivity index is 2.05. The number of rotatable bonds is 8. The number of non-ortho nitro benzene ring substituents is 1. The topological polar surface area (TPSA) is 188 Å². The summed E-state index contributed by atoms with van der Waals surface area (Å²) in [5.41, 5.74) is -1.26. The molecule has 0 amide bonds. The first-order chi connectivity index (χ1) is 14.6. The molecule has 3 rings (SSSR count). The van der Waals surface area contributed by atoms with Gasteiger partial charge in [0.1, 0.15) is 5.75 Å². The average molecular weight is 450 g/mol. The largest absolute Gasteiger partial charge is 0.496 e. The highest BCUT2D eigenvalue weighted by Crippen LogP contribution is 2.41. The van der Waals surface area contributed by atoms with Crippen molar-refractivity contribution in [1.29, 1.82) is 0 Å². The maximum Gasteiger partial charge on any atom is 0.327 e. The van der Waals surface area contributed by atoms with E-state index in [1.165, 1.54) is 13.2 Å². The number of ether oxygens (including phenoxy) is 1. The molecule has 3 aromatic rings. The van der Waals surface area contributed by atoms with Crippen molar-refractivity contribution in [2.24, 2.45) is 0 Å². The molecule has 1 aromatic heterocycles. The molecule has 0 saturated heterocycles. The summed E-state index contributed by atoms with van der Waals surface area (Å²) in [5, 5.41) is 14.2. The van der Waals surface area contributed by atoms with E-state index in [0.29, 0.717) is 11.3 Å². The molecule has 12 nitrogen and oxygen atoms in total. The number of hydrogen-bond donors (Lipinski definition) is 5. The van der Waals surface area contributed by atoms with Crippen molar-refractivity contribution in [3.05, 3.63) is 78.3 Å². The summed E-state index contributed by atoms with van der Waals surface area (Å²) in [7, 11) is -3.04. The molecule has 2 aromatic carbocycles. The van der Waals surface area contributed by atoms with Gasteiger partial charge in [-0.1, -0.05) is 18.2 Å². The lowest BCUT2D eigenvalue weighted by atomic mass is 10.1. The van der Waals surface area contributed by atoms with E-state index in [1.807, 2.05) is 0 Å². The molecular formula is C18H19N4O8P. The quantitative estimate of drug-likeness (QED) is 0.145. The molecule has 0 radical (unpaired) electrons. The van der Waals surface area contributed by atoms with Crippen molar-refractivity contribution in [2.75, 3.05) is 13.3 Å². The number of para-hydroxylation sites is 1. The molecule has 0 spiro atoms. The smallest absolute Gasteiger partial charge is 0.327 e. The molecule has 0 aliphatic heterocycles. The summed E-state index contributed by atoms with van der Waals surface area (Å²) in [6.07, 6.45) is -0.562. The summed E-state index contributed by atoms with van der Waals surface area (Å²) < 4.78 is 17.0. The van der Waals surface area contributed by atoms with E-state index in [-0.39, 0.29) is 28.8 Å². The number of H-pyrrole nitrogens is 2. The summed E-state index contributed by atoms with van der Waals surface area (Å²) in [4.78, 5) is 57.7. The summed E-state index contributed by atoms with van der Waals surface area (Å²) in [6.45, 7) is -0.108. The second-order valence-electron chi connectivity index (χ2n) is 6.72. The van der Waals surface area contributed by atoms with E-state index >= 15 is 0 Å². The van der Waals surface area contributed by atoms with Crippen molar-refractivity contribution >= 4 is 24.3 Å². The van der Waals surface area contributed by atoms with E-state index in [2.05, 4.69) is 15.3 Å². The molecule has 0 fully saturated rings. The van der Waals surface area contributed by atoms with Crippen LogP contribution in [-0.4, -0.2) is 37.9 Å². The Morgan fingerprint density at radius 2 is 1.87 bits per heavy atom. The number of nitrogens with one attached hydrogen (secondary N) is 3. The highest BCUT2D eigenvalue weighted by Gasteiger charge is 2.25. The third-order valence-corrected chi connectivity index (χ3v) is 5.42. The fraction of sp³-hybridized carbons (Fsp3) is 0.222. The summed E-state index contributed by atoms with van der Waals surface area (Å²) >= 11 is 0. The minimum Gasteiger partial charge on any atom is -0.496 e. The number of methoxy groups -OCH3 is 1. The maximum atomic E-state index is 11.8. The fourth-order valence-electron chi connectivity index (χ4n) is 3.22. The number of nitro groups is 1. The first-order valence-electron chi connectivity index (χ1n) is 8.93. The second-order valence-corrected chi connectivity index (χ2v) is 8.41. The number of benzene rings is 2. The Kier molecular flexibility index (Phi) is 6.37. The fourth-order valence-corrected chi connectivity index (χ4v) is 4.03. The van der Waals surface area contributed by atoms with Gasteiger partial charge in [0, 0.05) is 30.3 Å². The first-order valence-corrected chi connectivity index (χ1v) is 10.7. The molecule has 1 atom stereocenters. The molecule has 164 valence electrons. The van der Waals surface area contributed by atoms with Gasteiger partial charge >= 0.3 is 18.7 Å². The highest BCUT2D eigenvalue weighted by molar-refractivity contribution is 7.51. The van der Waals surface area contributed by atoms with Gasteiger partial charge in [-0.05, 0) is 11.6 Å². The maximum absolute atomic E-state index is 11.8. The second kappa shape index (κ2) is 8.82. The third kappa shape index (κ3) is 5.25. The number of nitrogens with zero attached hydrogens (tertiary/aromatic N) is 1. The Labute approximate surface area is 174 Å². The lowest BCUT2D eigenvalue weighted by Gasteiger charge is -2.22. The SMILES string of the molecule is COc1ccccc1C(CP(=O)(O)O)NCc1cc([N+](=O)[O-])cc2[nH]c(=O)c(=O)[nH]c12. The molecule has 1 heterocycles. The van der Waals surface area contributed by atoms with Crippen LogP contribution < -0.4 is 21.2 Å². The Bertz CT molecular complexity index is 1300. The predicted molar refractivity (Wildman–Crippen MR) is 111 cm³/mol. The normalized spacial score (nSPS) is 12.6. The molecule has 0 saturated carbocycles. The third-order valence-electron chi connectivity index (χ3n) is 4.58. The molecule has 0 aliphatic carbocycles. The van der Waals surface area contributed by atoms with Crippen molar-refractivity contribution < 1.29 is 24.0 Å². The standard InChI is InChI=1S/C18H19N4O8P/c1-30-15-5-3-2-4-12(15)14(9-31(27,28)29)19-8-10-6-11(22(25)26)7-13-16(10)21-18(24)17(23)20-13/h2-7,14,19H,8-9H2,1H3,(H,20,23)(H,21,24)(H2,27,28,29). The number of aromatic amines is 2. The van der Waals surface area contributed by atoms with Gasteiger partial charge in [0.2, 0.25) is 0 Å². The summed E-state index contributed by atoms with van der Waals surface area (Å²) in [5.74, 6) is 0.398. The number of hydrogen-bond acceptors (Lipinski definition) is 7. The van der Waals surface area contributed by atoms with E-state index in [0.717, 1.165) is 6.07 Å². The number of nitro benzene ring substituents is 1. The molecule has 13 heteroatoms. The van der Waals surface area contributed by atoms with Crippen molar-refractivity contribution in [1.82, 2.24) is 15.3 Å². The van der Waals surface area contributed by atoms with E-state index < -0.39 is 35.8 Å². The molecule has 5 N–H and O–H groups in total. The van der Waals surface area contributed by atoms with Gasteiger partial charge < -0.3 is 29.8 Å². The van der Waals surface area contributed by atoms with Crippen LogP contribution in [0.4, 0.5) is 5.69 Å². The van der Waals surface area contributed by atoms with Crippen LogP contribution in [0.15, 0.2) is 46.0 Å². The molecule has 1 unspecified atom stereocenters. The van der Waals surface area contributed by atoms with Gasteiger partial charge in [-0.15, -0.1) is 0 Å². The van der Waals surface area contributed by atoms with E-state index in [1.54, 1.807) is 24.3 Å². The van der Waals surface area contributed by atoms with Crippen molar-refractivity contribution in [2.45, 2.75) is 12.6 Å². The minimum absolute atomic E-state index is 0.0550. The molecular weight excluding hydrogens is 431 g/mol. The molecule has 31 heavy (non-hydrogen) atoms. The predicted octanol–water partition coefficient (Wildman–Crippen LogP) is 1.14. The molecule has 0 aliphatic rings. The zero-order chi connectivity index (χ0) is 22.8. The van der Waals surface area contributed by atoms with Crippen LogP contribution >= 0.6 is 7.60 Å². The van der Waals surface area contributed by atoms with E-state index in [4.69, 9.17) is 4.74 Å². The lowest BCUT2D eigenvalue weighted by molar-refractivity contribution is -0.384. The number of fused-ring (bicyclic) bond motifs is 1. The van der Waals surface area contributed by atoms with Crippen LogP contribution in [0.3, 0.4) is 0 Å². The monoisotopic (exact) mass is 450 g/mol. The lowest BCUT2D eigenvalue weighted by Crippen LogP contribution is -2.30. The van der Waals surface area contributed by atoms with Crippen LogP contribution in [0, 0.1) is 10.1 Å². The van der Waals surface area contributed by atoms with Gasteiger partial charge in [-0.3, -0.25) is 24.3 Å². The summed E-state index contributed by atoms with van der Waals surface area (Å²) in [6, 6.07) is 8.10. The van der Waals surface area contributed by atoms with Crippen LogP contribution in [0.5, 0.6) is 5.75 Å². The van der Waals surface area contributed by atoms with Crippen LogP contribution in [0.1, 0.15) is 17.2 Å². The van der Waals surface area contributed by atoms with Gasteiger partial charge in [-0.2, -0.15) is 0 Å². The van der Waals surface area contributed by atoms with E-state index in [9.17, 15) is 34.1 Å². The zero-order valence-corrected chi connectivity index (χ0v) is 17.1. The number of aromatic nitrogens is 2. The van der Waals surface area contributed by atoms with Crippen molar-refractivity contribution in [3.63, 3.8) is 0 Å². The van der Waals surface area contributed by atoms with Gasteiger partial charge in [-0.25, -0.2) is 0 Å². The van der Waals surface area contributed by atoms with Gasteiger partial charge in [0.15, 0.2) is 0 Å².